The summed E-state index contributed by atoms with van der Waals surface area (Å²) >= 11 is 0. The van der Waals surface area contributed by atoms with Crippen LogP contribution in [0.1, 0.15) is 48.6 Å². The molecule has 0 aliphatic carbocycles. The predicted octanol–water partition coefficient (Wildman–Crippen LogP) is 4.98. The summed E-state index contributed by atoms with van der Waals surface area (Å²) in [5, 5.41) is 3.71. The molecule has 0 aromatic heterocycles. The molecule has 2 rings (SSSR count). The summed E-state index contributed by atoms with van der Waals surface area (Å²) in [7, 11) is 0. The van der Waals surface area contributed by atoms with Crippen LogP contribution in [0.4, 0.5) is 0 Å². The third kappa shape index (κ3) is 4.71. The van der Waals surface area contributed by atoms with Crippen LogP contribution in [0.3, 0.4) is 0 Å². The van der Waals surface area contributed by atoms with Gasteiger partial charge in [0.1, 0.15) is 0 Å². The quantitative estimate of drug-likeness (QED) is 0.787. The highest BCUT2D eigenvalue weighted by atomic mass is 14.9. The molecule has 0 spiro atoms. The number of nitrogens with one attached hydrogen (secondary N) is 1. The van der Waals surface area contributed by atoms with Crippen LogP contribution in [-0.4, -0.2) is 6.04 Å². The summed E-state index contributed by atoms with van der Waals surface area (Å²) in [4.78, 5) is 0. The Morgan fingerprint density at radius 3 is 2.29 bits per heavy atom. The Hall–Kier alpha value is -1.60. The lowest BCUT2D eigenvalue weighted by Crippen LogP contribution is -2.29. The van der Waals surface area contributed by atoms with Gasteiger partial charge in [-0.1, -0.05) is 48.5 Å². The van der Waals surface area contributed by atoms with Crippen molar-refractivity contribution < 1.29 is 0 Å². The van der Waals surface area contributed by atoms with Gasteiger partial charge in [0.05, 0.1) is 0 Å². The maximum atomic E-state index is 3.71. The highest BCUT2D eigenvalue weighted by Gasteiger charge is 2.10. The zero-order chi connectivity index (χ0) is 15.2. The largest absolute Gasteiger partial charge is 0.308 e. The minimum atomic E-state index is 0.398. The van der Waals surface area contributed by atoms with Crippen LogP contribution in [0.5, 0.6) is 0 Å². The third-order valence-electron chi connectivity index (χ3n) is 4.27. The summed E-state index contributed by atoms with van der Waals surface area (Å²) in [6, 6.07) is 18.4. The Bertz CT molecular complexity index is 559. The van der Waals surface area contributed by atoms with E-state index in [1.54, 1.807) is 0 Å². The topological polar surface area (TPSA) is 12.0 Å². The van der Waals surface area contributed by atoms with E-state index in [0.29, 0.717) is 12.1 Å². The molecule has 21 heavy (non-hydrogen) atoms. The molecule has 0 aliphatic heterocycles. The van der Waals surface area contributed by atoms with Gasteiger partial charge in [-0.25, -0.2) is 0 Å². The average Bonchev–Trinajstić information content (AvgIpc) is 2.49. The van der Waals surface area contributed by atoms with E-state index >= 15 is 0 Å². The highest BCUT2D eigenvalue weighted by molar-refractivity contribution is 5.31. The van der Waals surface area contributed by atoms with Crippen molar-refractivity contribution in [3.05, 3.63) is 70.8 Å². The van der Waals surface area contributed by atoms with E-state index in [1.165, 1.54) is 28.7 Å². The van der Waals surface area contributed by atoms with Crippen LogP contribution in [-0.2, 0) is 6.42 Å². The van der Waals surface area contributed by atoms with Gasteiger partial charge in [0.15, 0.2) is 0 Å². The maximum absolute atomic E-state index is 3.71. The van der Waals surface area contributed by atoms with Crippen molar-refractivity contribution in [2.45, 2.75) is 52.6 Å². The zero-order valence-electron chi connectivity index (χ0n) is 13.7. The molecule has 0 saturated heterocycles. The Labute approximate surface area is 129 Å². The van der Waals surface area contributed by atoms with E-state index in [-0.39, 0.29) is 0 Å². The van der Waals surface area contributed by atoms with Gasteiger partial charge >= 0.3 is 0 Å². The van der Waals surface area contributed by atoms with E-state index < -0.39 is 0 Å². The van der Waals surface area contributed by atoms with Crippen LogP contribution in [0.15, 0.2) is 48.5 Å². The highest BCUT2D eigenvalue weighted by Crippen LogP contribution is 2.18. The van der Waals surface area contributed by atoms with Crippen molar-refractivity contribution in [1.29, 1.82) is 0 Å². The predicted molar refractivity (Wildman–Crippen MR) is 91.7 cm³/mol. The zero-order valence-corrected chi connectivity index (χ0v) is 13.7. The summed E-state index contributed by atoms with van der Waals surface area (Å²) in [6.07, 6.45) is 2.30. The van der Waals surface area contributed by atoms with E-state index in [2.05, 4.69) is 81.5 Å². The molecule has 1 N–H and O–H groups in total. The molecule has 2 aromatic carbocycles. The monoisotopic (exact) mass is 281 g/mol. The first-order valence-electron chi connectivity index (χ1n) is 7.93. The van der Waals surface area contributed by atoms with Gasteiger partial charge in [-0.05, 0) is 62.8 Å². The number of hydrogen-bond donors (Lipinski definition) is 1. The number of hydrogen-bond acceptors (Lipinski definition) is 1. The number of rotatable bonds is 6. The van der Waals surface area contributed by atoms with E-state index in [0.717, 1.165) is 6.42 Å². The molecule has 0 radical (unpaired) electrons. The van der Waals surface area contributed by atoms with Gasteiger partial charge in [-0.2, -0.15) is 0 Å². The summed E-state index contributed by atoms with van der Waals surface area (Å²) in [5.74, 6) is 0. The average molecular weight is 281 g/mol. The number of aryl methyl sites for hydroxylation is 3. The van der Waals surface area contributed by atoms with Crippen LogP contribution >= 0.6 is 0 Å². The molecule has 0 saturated carbocycles. The Morgan fingerprint density at radius 1 is 0.905 bits per heavy atom. The van der Waals surface area contributed by atoms with Crippen LogP contribution < -0.4 is 5.32 Å². The Balaban J connectivity index is 1.86. The summed E-state index contributed by atoms with van der Waals surface area (Å²) in [6.45, 7) is 8.88. The van der Waals surface area contributed by atoms with Gasteiger partial charge in [-0.15, -0.1) is 0 Å². The van der Waals surface area contributed by atoms with Gasteiger partial charge in [0.2, 0.25) is 0 Å². The van der Waals surface area contributed by atoms with E-state index in [9.17, 15) is 0 Å². The molecule has 0 fully saturated rings. The van der Waals surface area contributed by atoms with Gasteiger partial charge in [-0.3, -0.25) is 0 Å². The standard InChI is InChI=1S/C20H27N/c1-15-10-13-20(14-16(15)2)18(4)21-17(3)11-12-19-8-6-5-7-9-19/h5-10,13-14,17-18,21H,11-12H2,1-4H3. The lowest BCUT2D eigenvalue weighted by atomic mass is 10.0. The van der Waals surface area contributed by atoms with Crippen molar-refractivity contribution in [1.82, 2.24) is 5.32 Å². The van der Waals surface area contributed by atoms with E-state index in [1.807, 2.05) is 0 Å². The SMILES string of the molecule is Cc1ccc(C(C)NC(C)CCc2ccccc2)cc1C. The second-order valence-electron chi connectivity index (χ2n) is 6.16. The van der Waals surface area contributed by atoms with E-state index in [4.69, 9.17) is 0 Å². The molecule has 2 atom stereocenters. The van der Waals surface area contributed by atoms with Crippen molar-refractivity contribution in [2.24, 2.45) is 0 Å². The fourth-order valence-electron chi connectivity index (χ4n) is 2.67. The van der Waals surface area contributed by atoms with Gasteiger partial charge in [0.25, 0.3) is 0 Å². The van der Waals surface area contributed by atoms with Crippen LogP contribution in [0.2, 0.25) is 0 Å². The molecule has 112 valence electrons. The lowest BCUT2D eigenvalue weighted by Gasteiger charge is -2.21. The minimum absolute atomic E-state index is 0.398. The minimum Gasteiger partial charge on any atom is -0.308 e. The fourth-order valence-corrected chi connectivity index (χ4v) is 2.67. The molecular weight excluding hydrogens is 254 g/mol. The van der Waals surface area contributed by atoms with Crippen LogP contribution in [0.25, 0.3) is 0 Å². The van der Waals surface area contributed by atoms with Crippen molar-refractivity contribution in [3.63, 3.8) is 0 Å². The number of benzene rings is 2. The first-order chi connectivity index (χ1) is 10.1. The second-order valence-corrected chi connectivity index (χ2v) is 6.16. The van der Waals surface area contributed by atoms with Gasteiger partial charge < -0.3 is 5.32 Å². The second kappa shape index (κ2) is 7.42. The lowest BCUT2D eigenvalue weighted by molar-refractivity contribution is 0.456. The Kier molecular flexibility index (Phi) is 5.58. The normalized spacial score (nSPS) is 13.9. The Morgan fingerprint density at radius 2 is 1.62 bits per heavy atom. The molecule has 0 bridgehead atoms. The maximum Gasteiger partial charge on any atom is 0.0294 e. The van der Waals surface area contributed by atoms with Crippen LogP contribution in [0, 0.1) is 13.8 Å². The van der Waals surface area contributed by atoms with Crippen molar-refractivity contribution in [3.8, 4) is 0 Å². The molecule has 2 unspecified atom stereocenters. The summed E-state index contributed by atoms with van der Waals surface area (Å²) < 4.78 is 0. The smallest absolute Gasteiger partial charge is 0.0294 e. The molecule has 0 amide bonds. The molecule has 0 aliphatic rings. The third-order valence-corrected chi connectivity index (χ3v) is 4.27. The molecule has 2 aromatic rings. The molecule has 0 heterocycles. The first kappa shape index (κ1) is 15.8. The fraction of sp³-hybridized carbons (Fsp3) is 0.400. The molecular formula is C20H27N. The van der Waals surface area contributed by atoms with Crippen molar-refractivity contribution >= 4 is 0 Å². The van der Waals surface area contributed by atoms with Crippen molar-refractivity contribution in [2.75, 3.05) is 0 Å². The first-order valence-corrected chi connectivity index (χ1v) is 7.93. The molecule has 1 heteroatoms. The summed E-state index contributed by atoms with van der Waals surface area (Å²) in [5.41, 5.74) is 5.54. The molecule has 1 nitrogen and oxygen atoms in total. The van der Waals surface area contributed by atoms with Gasteiger partial charge in [0, 0.05) is 12.1 Å².